The van der Waals surface area contributed by atoms with Gasteiger partial charge in [0.05, 0.1) is 34.9 Å². The Morgan fingerprint density at radius 1 is 0.607 bits per heavy atom. The van der Waals surface area contributed by atoms with Gasteiger partial charge in [0.2, 0.25) is 35.4 Å². The molecule has 2 atom stereocenters. The first kappa shape index (κ1) is 46.5. The second kappa shape index (κ2) is 23.4. The number of hydrogen-bond donors (Lipinski definition) is 2. The summed E-state index contributed by atoms with van der Waals surface area (Å²) in [6.07, 6.45) is 19.1. The lowest BCUT2D eigenvalue weighted by Crippen LogP contribution is -2.43. The van der Waals surface area contributed by atoms with E-state index in [0.717, 1.165) is 25.7 Å². The van der Waals surface area contributed by atoms with Gasteiger partial charge in [0.1, 0.15) is 0 Å². The monoisotopic (exact) mass is 822 g/mol. The van der Waals surface area contributed by atoms with Gasteiger partial charge in [-0.25, -0.2) is 0 Å². The van der Waals surface area contributed by atoms with Crippen molar-refractivity contribution >= 4 is 59.0 Å². The van der Waals surface area contributed by atoms with Crippen molar-refractivity contribution in [2.75, 3.05) is 39.4 Å². The van der Waals surface area contributed by atoms with Crippen LogP contribution in [0.3, 0.4) is 0 Å². The van der Waals surface area contributed by atoms with Crippen molar-refractivity contribution in [3.63, 3.8) is 0 Å². The molecule has 6 amide bonds. The minimum atomic E-state index is -0.650. The highest BCUT2D eigenvalue weighted by atomic mass is 32.2. The Morgan fingerprint density at radius 2 is 1.02 bits per heavy atom. The van der Waals surface area contributed by atoms with Crippen LogP contribution in [0.4, 0.5) is 0 Å². The van der Waals surface area contributed by atoms with E-state index in [0.29, 0.717) is 36.7 Å². The molecule has 0 aromatic rings. The Balaban J connectivity index is 1.04. The standard InChI is InChI=1S/C42H70N4O8S2/c1-41(2,54-27-23-43-35(47)20-24-45-37(49)28-33(39(45)51)56-32-18-14-10-7-11-15-19-32)22-26-53-42(3,4)30-44-36(48)21-25-46-38(50)29-34(40(46)52)55-31-16-12-8-5-6-9-13-17-31/h31-34H,5-30H2,1-4H3,(H,43,47)(H,44,48). The maximum atomic E-state index is 13.1. The molecule has 2 heterocycles. The van der Waals surface area contributed by atoms with Crippen LogP contribution in [0, 0.1) is 0 Å². The highest BCUT2D eigenvalue weighted by molar-refractivity contribution is 8.01. The van der Waals surface area contributed by atoms with E-state index in [9.17, 15) is 28.8 Å². The normalized spacial score (nSPS) is 22.8. The van der Waals surface area contributed by atoms with E-state index < -0.39 is 11.2 Å². The number of carbonyl (C=O) groups excluding carboxylic acids is 6. The Kier molecular flexibility index (Phi) is 19.5. The molecule has 0 aromatic carbocycles. The molecule has 0 radical (unpaired) electrons. The molecule has 2 aliphatic heterocycles. The summed E-state index contributed by atoms with van der Waals surface area (Å²) in [6.45, 7) is 9.14. The Labute approximate surface area is 344 Å². The van der Waals surface area contributed by atoms with Crippen LogP contribution in [-0.2, 0) is 38.2 Å². The van der Waals surface area contributed by atoms with Crippen LogP contribution in [-0.4, -0.2) is 117 Å². The predicted molar refractivity (Wildman–Crippen MR) is 222 cm³/mol. The average Bonchev–Trinajstić information content (AvgIpc) is 3.60. The summed E-state index contributed by atoms with van der Waals surface area (Å²) in [5.74, 6) is -1.14. The minimum absolute atomic E-state index is 0.0558. The number of amides is 6. The molecular formula is C42H70N4O8S2. The molecule has 0 aromatic heterocycles. The van der Waals surface area contributed by atoms with Crippen molar-refractivity contribution in [1.29, 1.82) is 0 Å². The largest absolute Gasteiger partial charge is 0.374 e. The molecule has 2 N–H and O–H groups in total. The van der Waals surface area contributed by atoms with E-state index in [1.54, 1.807) is 23.5 Å². The van der Waals surface area contributed by atoms with Gasteiger partial charge in [-0.05, 0) is 59.8 Å². The molecule has 2 saturated carbocycles. The van der Waals surface area contributed by atoms with Crippen LogP contribution in [0.1, 0.15) is 156 Å². The van der Waals surface area contributed by atoms with Gasteiger partial charge < -0.3 is 20.1 Å². The quantitative estimate of drug-likeness (QED) is 0.106. The van der Waals surface area contributed by atoms with Gasteiger partial charge in [-0.1, -0.05) is 70.6 Å². The van der Waals surface area contributed by atoms with Crippen molar-refractivity contribution < 1.29 is 38.2 Å². The SMILES string of the molecule is CC(C)(CCOC(C)(C)CNC(=O)CCN1C(=O)CC(SC2CCCCCCCC2)C1=O)OCCNC(=O)CCN1C(=O)CC(SC2CCCCCCC2)C1=O. The lowest BCUT2D eigenvalue weighted by atomic mass is 10.0. The van der Waals surface area contributed by atoms with Crippen molar-refractivity contribution in [1.82, 2.24) is 20.4 Å². The van der Waals surface area contributed by atoms with Crippen molar-refractivity contribution in [3.8, 4) is 0 Å². The Bertz CT molecular complexity index is 1310. The van der Waals surface area contributed by atoms with E-state index in [1.807, 2.05) is 27.7 Å². The first-order valence-electron chi connectivity index (χ1n) is 21.5. The number of imide groups is 2. The molecule has 2 saturated heterocycles. The van der Waals surface area contributed by atoms with E-state index >= 15 is 0 Å². The first-order valence-corrected chi connectivity index (χ1v) is 23.4. The maximum Gasteiger partial charge on any atom is 0.242 e. The lowest BCUT2D eigenvalue weighted by molar-refractivity contribution is -0.140. The third-order valence-corrected chi connectivity index (χ3v) is 14.5. The second-order valence-electron chi connectivity index (χ2n) is 17.3. The summed E-state index contributed by atoms with van der Waals surface area (Å²) in [4.78, 5) is 79.2. The van der Waals surface area contributed by atoms with Gasteiger partial charge >= 0.3 is 0 Å². The van der Waals surface area contributed by atoms with Crippen LogP contribution >= 0.6 is 23.5 Å². The van der Waals surface area contributed by atoms with E-state index in [4.69, 9.17) is 9.47 Å². The van der Waals surface area contributed by atoms with Gasteiger partial charge in [-0.3, -0.25) is 38.6 Å². The molecule has 4 fully saturated rings. The Hall–Kier alpha value is -2.16. The highest BCUT2D eigenvalue weighted by Gasteiger charge is 2.41. The van der Waals surface area contributed by atoms with Gasteiger partial charge in [-0.15, -0.1) is 23.5 Å². The number of nitrogens with one attached hydrogen (secondary N) is 2. The number of hydrogen-bond acceptors (Lipinski definition) is 10. The van der Waals surface area contributed by atoms with Crippen LogP contribution < -0.4 is 10.6 Å². The molecule has 12 nitrogen and oxygen atoms in total. The van der Waals surface area contributed by atoms with E-state index in [1.165, 1.54) is 80.4 Å². The minimum Gasteiger partial charge on any atom is -0.374 e. The van der Waals surface area contributed by atoms with Gasteiger partial charge in [0.25, 0.3) is 0 Å². The summed E-state index contributed by atoms with van der Waals surface area (Å²) in [5, 5.41) is 5.91. The van der Waals surface area contributed by atoms with Crippen LogP contribution in [0.2, 0.25) is 0 Å². The molecule has 2 unspecified atom stereocenters. The van der Waals surface area contributed by atoms with Crippen LogP contribution in [0.25, 0.3) is 0 Å². The van der Waals surface area contributed by atoms with Crippen molar-refractivity contribution in [2.24, 2.45) is 0 Å². The fourth-order valence-corrected chi connectivity index (χ4v) is 11.0. The van der Waals surface area contributed by atoms with Crippen molar-refractivity contribution in [3.05, 3.63) is 0 Å². The zero-order valence-electron chi connectivity index (χ0n) is 34.7. The lowest BCUT2D eigenvalue weighted by Gasteiger charge is -2.30. The third kappa shape index (κ3) is 16.2. The fraction of sp³-hybridized carbons (Fsp3) is 0.857. The summed E-state index contributed by atoms with van der Waals surface area (Å²) in [5.41, 5.74) is -1.18. The zero-order valence-corrected chi connectivity index (χ0v) is 36.3. The number of ether oxygens (including phenoxy) is 2. The van der Waals surface area contributed by atoms with Crippen LogP contribution in [0.15, 0.2) is 0 Å². The molecule has 4 rings (SSSR count). The maximum absolute atomic E-state index is 13.1. The Morgan fingerprint density at radius 3 is 1.48 bits per heavy atom. The third-order valence-electron chi connectivity index (χ3n) is 11.4. The molecule has 4 aliphatic rings. The summed E-state index contributed by atoms with van der Waals surface area (Å²) < 4.78 is 12.1. The number of thioether (sulfide) groups is 2. The topological polar surface area (TPSA) is 151 Å². The summed E-state index contributed by atoms with van der Waals surface area (Å²) in [6, 6.07) is 0. The number of carbonyl (C=O) groups is 6. The summed E-state index contributed by atoms with van der Waals surface area (Å²) >= 11 is 3.34. The average molecular weight is 823 g/mol. The van der Waals surface area contributed by atoms with Crippen LogP contribution in [0.5, 0.6) is 0 Å². The molecule has 318 valence electrons. The van der Waals surface area contributed by atoms with Gasteiger partial charge in [0.15, 0.2) is 0 Å². The van der Waals surface area contributed by atoms with Crippen molar-refractivity contribution in [2.45, 2.75) is 188 Å². The molecule has 0 bridgehead atoms. The molecule has 56 heavy (non-hydrogen) atoms. The van der Waals surface area contributed by atoms with Gasteiger partial charge in [0, 0.05) is 62.4 Å². The number of rotatable bonds is 20. The zero-order chi connectivity index (χ0) is 40.6. The number of likely N-dealkylation sites (tertiary alicyclic amines) is 2. The first-order chi connectivity index (χ1) is 26.7. The van der Waals surface area contributed by atoms with Gasteiger partial charge in [-0.2, -0.15) is 0 Å². The second-order valence-corrected chi connectivity index (χ2v) is 20.3. The molecule has 2 aliphatic carbocycles. The number of nitrogens with zero attached hydrogens (tertiary/aromatic N) is 2. The summed E-state index contributed by atoms with van der Waals surface area (Å²) in [7, 11) is 0. The molecular weight excluding hydrogens is 753 g/mol. The molecule has 0 spiro atoms. The van der Waals surface area contributed by atoms with E-state index in [2.05, 4.69) is 10.6 Å². The predicted octanol–water partition coefficient (Wildman–Crippen LogP) is 6.32. The highest BCUT2D eigenvalue weighted by Crippen LogP contribution is 2.36. The smallest absolute Gasteiger partial charge is 0.242 e. The fourth-order valence-electron chi connectivity index (χ4n) is 7.87. The van der Waals surface area contributed by atoms with E-state index in [-0.39, 0.29) is 91.3 Å². The molecule has 14 heteroatoms.